The predicted octanol–water partition coefficient (Wildman–Crippen LogP) is 1.78. The number of hydrogen-bond donors (Lipinski definition) is 0. The molecule has 0 saturated carbocycles. The number of ether oxygens (including phenoxy) is 1. The minimum atomic E-state index is 0.341. The largest absolute Gasteiger partial charge is 0.376 e. The van der Waals surface area contributed by atoms with E-state index in [1.54, 1.807) is 11.8 Å². The van der Waals surface area contributed by atoms with E-state index < -0.39 is 0 Å². The number of aromatic nitrogens is 3. The van der Waals surface area contributed by atoms with Gasteiger partial charge in [-0.1, -0.05) is 11.8 Å². The van der Waals surface area contributed by atoms with Crippen LogP contribution in [-0.2, 0) is 11.3 Å². The first kappa shape index (κ1) is 12.3. The van der Waals surface area contributed by atoms with Crippen molar-refractivity contribution in [2.24, 2.45) is 0 Å². The van der Waals surface area contributed by atoms with Crippen molar-refractivity contribution in [1.29, 1.82) is 0 Å². The molecule has 1 atom stereocenters. The van der Waals surface area contributed by atoms with Gasteiger partial charge in [0.1, 0.15) is 0 Å². The van der Waals surface area contributed by atoms with Crippen LogP contribution >= 0.6 is 11.8 Å². The fourth-order valence-corrected chi connectivity index (χ4v) is 3.23. The zero-order chi connectivity index (χ0) is 12.4. The van der Waals surface area contributed by atoms with Gasteiger partial charge in [-0.25, -0.2) is 0 Å². The molecule has 0 spiro atoms. The van der Waals surface area contributed by atoms with Crippen LogP contribution in [0.3, 0.4) is 0 Å². The summed E-state index contributed by atoms with van der Waals surface area (Å²) in [5.74, 6) is 1.03. The molecule has 2 fully saturated rings. The van der Waals surface area contributed by atoms with Gasteiger partial charge in [0.15, 0.2) is 5.16 Å². The van der Waals surface area contributed by atoms with Crippen LogP contribution in [0.1, 0.15) is 25.7 Å². The van der Waals surface area contributed by atoms with E-state index in [9.17, 15) is 0 Å². The summed E-state index contributed by atoms with van der Waals surface area (Å²) in [6, 6.07) is 0. The SMILES string of the molecule is CSc1nnc(N2CCCC2)n1CC1CCCO1. The molecule has 2 aliphatic rings. The van der Waals surface area contributed by atoms with E-state index >= 15 is 0 Å². The van der Waals surface area contributed by atoms with E-state index in [0.717, 1.165) is 43.8 Å². The van der Waals surface area contributed by atoms with Gasteiger partial charge in [0.25, 0.3) is 0 Å². The molecule has 6 heteroatoms. The molecule has 2 saturated heterocycles. The highest BCUT2D eigenvalue weighted by Crippen LogP contribution is 2.25. The van der Waals surface area contributed by atoms with Crippen molar-refractivity contribution >= 4 is 17.7 Å². The highest BCUT2D eigenvalue weighted by Gasteiger charge is 2.24. The van der Waals surface area contributed by atoms with E-state index in [1.807, 2.05) is 0 Å². The summed E-state index contributed by atoms with van der Waals surface area (Å²) < 4.78 is 7.98. The lowest BCUT2D eigenvalue weighted by Crippen LogP contribution is -2.25. The Hall–Kier alpha value is -0.750. The summed E-state index contributed by atoms with van der Waals surface area (Å²) >= 11 is 1.67. The van der Waals surface area contributed by atoms with Crippen molar-refractivity contribution in [2.45, 2.75) is 43.5 Å². The highest BCUT2D eigenvalue weighted by molar-refractivity contribution is 7.98. The van der Waals surface area contributed by atoms with Crippen molar-refractivity contribution in [3.05, 3.63) is 0 Å². The van der Waals surface area contributed by atoms with Gasteiger partial charge in [-0.05, 0) is 31.9 Å². The molecule has 1 unspecified atom stereocenters. The molecule has 3 rings (SSSR count). The van der Waals surface area contributed by atoms with Gasteiger partial charge in [-0.3, -0.25) is 4.57 Å². The highest BCUT2D eigenvalue weighted by atomic mass is 32.2. The Kier molecular flexibility index (Phi) is 3.75. The van der Waals surface area contributed by atoms with Crippen LogP contribution < -0.4 is 4.90 Å². The lowest BCUT2D eigenvalue weighted by Gasteiger charge is -2.20. The van der Waals surface area contributed by atoms with Gasteiger partial charge >= 0.3 is 0 Å². The standard InChI is InChI=1S/C12H20N4OS/c1-18-12-14-13-11(15-6-2-3-7-15)16(12)9-10-5-4-8-17-10/h10H,2-9H2,1H3. The van der Waals surface area contributed by atoms with Crippen molar-refractivity contribution in [2.75, 3.05) is 30.9 Å². The van der Waals surface area contributed by atoms with Crippen LogP contribution in [0.4, 0.5) is 5.95 Å². The average Bonchev–Trinajstić information content (AvgIpc) is 3.10. The molecule has 2 aliphatic heterocycles. The summed E-state index contributed by atoms with van der Waals surface area (Å²) in [6.45, 7) is 4.02. The van der Waals surface area contributed by atoms with Crippen molar-refractivity contribution < 1.29 is 4.74 Å². The Morgan fingerprint density at radius 3 is 2.78 bits per heavy atom. The third-order valence-corrected chi connectivity index (χ3v) is 4.35. The second-order valence-corrected chi connectivity index (χ2v) is 5.70. The molecule has 1 aromatic heterocycles. The van der Waals surface area contributed by atoms with Crippen molar-refractivity contribution in [3.63, 3.8) is 0 Å². The molecule has 5 nitrogen and oxygen atoms in total. The molecule has 100 valence electrons. The molecule has 0 N–H and O–H groups in total. The molecular formula is C12H20N4OS. The lowest BCUT2D eigenvalue weighted by molar-refractivity contribution is 0.0952. The molecule has 0 amide bonds. The molecule has 0 aliphatic carbocycles. The molecule has 1 aromatic rings. The number of nitrogens with zero attached hydrogens (tertiary/aromatic N) is 4. The molecule has 18 heavy (non-hydrogen) atoms. The first-order valence-electron chi connectivity index (χ1n) is 6.72. The van der Waals surface area contributed by atoms with Crippen LogP contribution in [0.25, 0.3) is 0 Å². The summed E-state index contributed by atoms with van der Waals surface area (Å²) in [5, 5.41) is 9.68. The second-order valence-electron chi connectivity index (χ2n) is 4.93. The van der Waals surface area contributed by atoms with Gasteiger partial charge in [0.05, 0.1) is 12.6 Å². The molecule has 0 bridgehead atoms. The van der Waals surface area contributed by atoms with E-state index in [0.29, 0.717) is 6.10 Å². The second kappa shape index (κ2) is 5.48. The molecule has 0 aromatic carbocycles. The average molecular weight is 268 g/mol. The van der Waals surface area contributed by atoms with Gasteiger partial charge in [-0.2, -0.15) is 0 Å². The lowest BCUT2D eigenvalue weighted by atomic mass is 10.2. The Bertz CT molecular complexity index is 397. The maximum absolute atomic E-state index is 5.74. The summed E-state index contributed by atoms with van der Waals surface area (Å²) in [7, 11) is 0. The van der Waals surface area contributed by atoms with Crippen molar-refractivity contribution in [1.82, 2.24) is 14.8 Å². The number of hydrogen-bond acceptors (Lipinski definition) is 5. The fourth-order valence-electron chi connectivity index (χ4n) is 2.73. The minimum Gasteiger partial charge on any atom is -0.376 e. The zero-order valence-electron chi connectivity index (χ0n) is 10.8. The predicted molar refractivity (Wildman–Crippen MR) is 72.2 cm³/mol. The normalized spacial score (nSPS) is 24.1. The van der Waals surface area contributed by atoms with E-state index in [2.05, 4.69) is 25.9 Å². The van der Waals surface area contributed by atoms with Gasteiger partial charge < -0.3 is 9.64 Å². The molecule has 3 heterocycles. The monoisotopic (exact) mass is 268 g/mol. The number of anilines is 1. The quantitative estimate of drug-likeness (QED) is 0.779. The van der Waals surface area contributed by atoms with Crippen molar-refractivity contribution in [3.8, 4) is 0 Å². The van der Waals surface area contributed by atoms with E-state index in [-0.39, 0.29) is 0 Å². The summed E-state index contributed by atoms with van der Waals surface area (Å²) in [5.41, 5.74) is 0. The van der Waals surface area contributed by atoms with E-state index in [4.69, 9.17) is 4.74 Å². The van der Waals surface area contributed by atoms with Crippen LogP contribution in [-0.4, -0.2) is 46.8 Å². The summed E-state index contributed by atoms with van der Waals surface area (Å²) in [6.07, 6.45) is 7.27. The third-order valence-electron chi connectivity index (χ3n) is 3.68. The maximum Gasteiger partial charge on any atom is 0.228 e. The first-order valence-corrected chi connectivity index (χ1v) is 7.94. The van der Waals surface area contributed by atoms with Gasteiger partial charge in [0.2, 0.25) is 5.95 Å². The minimum absolute atomic E-state index is 0.341. The van der Waals surface area contributed by atoms with Gasteiger partial charge in [0, 0.05) is 19.7 Å². The third kappa shape index (κ3) is 2.36. The topological polar surface area (TPSA) is 43.2 Å². The Labute approximate surface area is 112 Å². The Balaban J connectivity index is 1.81. The van der Waals surface area contributed by atoms with Crippen LogP contribution in [0, 0.1) is 0 Å². The van der Waals surface area contributed by atoms with Gasteiger partial charge in [-0.15, -0.1) is 10.2 Å². The smallest absolute Gasteiger partial charge is 0.228 e. The Morgan fingerprint density at radius 1 is 1.28 bits per heavy atom. The number of thioether (sulfide) groups is 1. The fraction of sp³-hybridized carbons (Fsp3) is 0.833. The molecular weight excluding hydrogens is 248 g/mol. The first-order chi connectivity index (χ1) is 8.88. The Morgan fingerprint density at radius 2 is 2.11 bits per heavy atom. The zero-order valence-corrected chi connectivity index (χ0v) is 11.7. The van der Waals surface area contributed by atoms with Crippen LogP contribution in [0.15, 0.2) is 5.16 Å². The van der Waals surface area contributed by atoms with E-state index in [1.165, 1.54) is 19.3 Å². The molecule has 0 radical (unpaired) electrons. The summed E-state index contributed by atoms with van der Waals surface area (Å²) in [4.78, 5) is 2.35. The maximum atomic E-state index is 5.74. The van der Waals surface area contributed by atoms with Crippen LogP contribution in [0.5, 0.6) is 0 Å². The number of rotatable bonds is 4. The van der Waals surface area contributed by atoms with Crippen LogP contribution in [0.2, 0.25) is 0 Å².